The van der Waals surface area contributed by atoms with Gasteiger partial charge in [0.05, 0.1) is 18.3 Å². The molecule has 6 heteroatoms. The zero-order chi connectivity index (χ0) is 23.0. The number of ketones is 1. The van der Waals surface area contributed by atoms with E-state index in [1.807, 2.05) is 26.8 Å². The maximum absolute atomic E-state index is 13.0. The Morgan fingerprint density at radius 2 is 1.84 bits per heavy atom. The maximum Gasteiger partial charge on any atom is 0.190 e. The molecule has 8 atom stereocenters. The molecule has 31 heavy (non-hydrogen) atoms. The van der Waals surface area contributed by atoms with Crippen LogP contribution in [0.25, 0.3) is 0 Å². The minimum absolute atomic E-state index is 0.0139. The molecule has 4 N–H and O–H groups in total. The second kappa shape index (κ2) is 7.22. The van der Waals surface area contributed by atoms with E-state index in [0.29, 0.717) is 17.8 Å². The van der Waals surface area contributed by atoms with Gasteiger partial charge in [0.1, 0.15) is 11.2 Å². The summed E-state index contributed by atoms with van der Waals surface area (Å²) < 4.78 is 6.27. The molecule has 0 saturated heterocycles. The number of hydrogen-bond acceptors (Lipinski definition) is 6. The molecule has 0 spiro atoms. The molecule has 0 aromatic heterocycles. The largest absolute Gasteiger partial charge is 0.392 e. The first-order valence-electron chi connectivity index (χ1n) is 11.7. The first-order valence-corrected chi connectivity index (χ1v) is 11.7. The molecule has 0 heterocycles. The summed E-state index contributed by atoms with van der Waals surface area (Å²) in [4.78, 5) is 13.0. The van der Waals surface area contributed by atoms with Crippen molar-refractivity contribution in [1.29, 1.82) is 0 Å². The number of carbonyl (C=O) groups excluding carboxylic acids is 1. The predicted molar refractivity (Wildman–Crippen MR) is 116 cm³/mol. The van der Waals surface area contributed by atoms with E-state index in [2.05, 4.69) is 6.92 Å². The Morgan fingerprint density at radius 1 is 1.16 bits per heavy atom. The van der Waals surface area contributed by atoms with E-state index in [4.69, 9.17) is 4.74 Å². The summed E-state index contributed by atoms with van der Waals surface area (Å²) in [6.45, 7) is 9.82. The Kier molecular flexibility index (Phi) is 5.39. The normalized spacial score (nSPS) is 47.6. The summed E-state index contributed by atoms with van der Waals surface area (Å²) in [5, 5.41) is 45.7. The number of fused-ring (bicyclic) bond motifs is 5. The molecule has 2 saturated carbocycles. The topological polar surface area (TPSA) is 107 Å². The minimum Gasteiger partial charge on any atom is -0.392 e. The number of unbranched alkanes of at least 4 members (excludes halogenated alkanes) is 2. The summed E-state index contributed by atoms with van der Waals surface area (Å²) in [5.74, 6) is -2.55. The second-order valence-corrected chi connectivity index (χ2v) is 11.0. The monoisotopic (exact) mass is 434 g/mol. The Labute approximate surface area is 185 Å². The molecule has 6 nitrogen and oxygen atoms in total. The van der Waals surface area contributed by atoms with Crippen LogP contribution in [0.5, 0.6) is 0 Å². The molecule has 0 aromatic carbocycles. The van der Waals surface area contributed by atoms with Gasteiger partial charge in [-0.1, -0.05) is 52.7 Å². The smallest absolute Gasteiger partial charge is 0.190 e. The van der Waals surface area contributed by atoms with Crippen LogP contribution in [0, 0.1) is 29.1 Å². The van der Waals surface area contributed by atoms with E-state index in [9.17, 15) is 25.2 Å². The number of rotatable bonds is 6. The maximum atomic E-state index is 13.0. The fraction of sp³-hybridized carbons (Fsp3) is 0.800. The van der Waals surface area contributed by atoms with Crippen molar-refractivity contribution in [2.24, 2.45) is 29.1 Å². The molecule has 4 aliphatic rings. The van der Waals surface area contributed by atoms with Gasteiger partial charge in [0.2, 0.25) is 0 Å². The van der Waals surface area contributed by atoms with Gasteiger partial charge in [-0.3, -0.25) is 4.79 Å². The number of carbonyl (C=O) groups is 1. The van der Waals surface area contributed by atoms with Crippen LogP contribution in [0.3, 0.4) is 0 Å². The third-order valence-electron chi connectivity index (χ3n) is 9.05. The van der Waals surface area contributed by atoms with Crippen LogP contribution in [-0.4, -0.2) is 62.3 Å². The van der Waals surface area contributed by atoms with Gasteiger partial charge in [-0.15, -0.1) is 0 Å². The van der Waals surface area contributed by atoms with Crippen LogP contribution in [0.4, 0.5) is 0 Å². The molecule has 0 bridgehead atoms. The molecule has 0 aromatic rings. The Bertz CT molecular complexity index is 830. The summed E-state index contributed by atoms with van der Waals surface area (Å²) in [7, 11) is 0. The third-order valence-corrected chi connectivity index (χ3v) is 9.05. The van der Waals surface area contributed by atoms with E-state index in [1.165, 1.54) is 0 Å². The Hall–Kier alpha value is -1.05. The van der Waals surface area contributed by atoms with Crippen molar-refractivity contribution in [2.75, 3.05) is 13.2 Å². The highest BCUT2D eigenvalue weighted by molar-refractivity contribution is 6.04. The standard InChI is InChI=1S/C25H38O6/c1-6-7-8-9-31-21-15(3)24(29)17(19-22(4,5)25(19,21)30)11-16(13-26)12-23(28)18(24)10-14(2)20(23)27/h10-11,15,17-19,21,26,28-30H,6-9,12-13H2,1-5H3/t15-,17+,18-,19+,21-,23-,24-,25-/m1/s1. The Morgan fingerprint density at radius 3 is 2.45 bits per heavy atom. The number of Topliss-reactive ketones (excluding diaryl/α,β-unsaturated/α-hetero) is 1. The van der Waals surface area contributed by atoms with Gasteiger partial charge in [-0.05, 0) is 24.5 Å². The first kappa shape index (κ1) is 23.1. The SMILES string of the molecule is CCCCCO[C@@H]1[C@@H](C)[C@@]2(O)[C@@H](C=C(CO)C[C@]3(O)C(=O)C(C)=C[C@@H]23)[C@H]2C(C)(C)[C@]12O. The lowest BCUT2D eigenvalue weighted by atomic mass is 9.59. The molecule has 4 aliphatic carbocycles. The van der Waals surface area contributed by atoms with Crippen molar-refractivity contribution in [3.63, 3.8) is 0 Å². The molecule has 0 amide bonds. The highest BCUT2D eigenvalue weighted by Gasteiger charge is 2.84. The Balaban J connectivity index is 1.82. The van der Waals surface area contributed by atoms with Crippen molar-refractivity contribution in [3.05, 3.63) is 23.3 Å². The van der Waals surface area contributed by atoms with Gasteiger partial charge >= 0.3 is 0 Å². The van der Waals surface area contributed by atoms with Crippen LogP contribution in [0.2, 0.25) is 0 Å². The summed E-state index contributed by atoms with van der Waals surface area (Å²) >= 11 is 0. The zero-order valence-corrected chi connectivity index (χ0v) is 19.4. The third kappa shape index (κ3) is 2.78. The highest BCUT2D eigenvalue weighted by atomic mass is 16.5. The van der Waals surface area contributed by atoms with Crippen LogP contribution in [0.15, 0.2) is 23.3 Å². The lowest BCUT2D eigenvalue weighted by Crippen LogP contribution is -2.65. The molecular weight excluding hydrogens is 396 g/mol. The minimum atomic E-state index is -1.79. The van der Waals surface area contributed by atoms with E-state index >= 15 is 0 Å². The van der Waals surface area contributed by atoms with E-state index in [1.54, 1.807) is 13.0 Å². The molecule has 0 unspecified atom stereocenters. The van der Waals surface area contributed by atoms with Crippen LogP contribution in [-0.2, 0) is 9.53 Å². The van der Waals surface area contributed by atoms with Gasteiger partial charge in [-0.25, -0.2) is 0 Å². The van der Waals surface area contributed by atoms with Crippen molar-refractivity contribution in [2.45, 2.75) is 83.2 Å². The van der Waals surface area contributed by atoms with Crippen LogP contribution < -0.4 is 0 Å². The van der Waals surface area contributed by atoms with E-state index in [-0.39, 0.29) is 18.9 Å². The van der Waals surface area contributed by atoms with E-state index < -0.39 is 51.9 Å². The highest BCUT2D eigenvalue weighted by Crippen LogP contribution is 2.75. The first-order chi connectivity index (χ1) is 14.4. The predicted octanol–water partition coefficient (Wildman–Crippen LogP) is 2.14. The van der Waals surface area contributed by atoms with Gasteiger partial charge < -0.3 is 25.2 Å². The quantitative estimate of drug-likeness (QED) is 0.377. The number of hydrogen-bond donors (Lipinski definition) is 4. The summed E-state index contributed by atoms with van der Waals surface area (Å²) in [6.07, 6.45) is 5.87. The summed E-state index contributed by atoms with van der Waals surface area (Å²) in [6, 6.07) is 0. The molecule has 4 rings (SSSR count). The molecular formula is C25H38O6. The zero-order valence-electron chi connectivity index (χ0n) is 19.4. The number of aliphatic hydroxyl groups is 4. The lowest BCUT2D eigenvalue weighted by molar-refractivity contribution is -0.221. The fourth-order valence-corrected chi connectivity index (χ4v) is 7.25. The van der Waals surface area contributed by atoms with Gasteiger partial charge in [0.15, 0.2) is 5.78 Å². The second-order valence-electron chi connectivity index (χ2n) is 11.0. The molecule has 2 fully saturated rings. The number of ether oxygens (including phenoxy) is 1. The average Bonchev–Trinajstić information content (AvgIpc) is 3.11. The van der Waals surface area contributed by atoms with Crippen LogP contribution in [0.1, 0.15) is 60.3 Å². The van der Waals surface area contributed by atoms with Crippen molar-refractivity contribution in [1.82, 2.24) is 0 Å². The average molecular weight is 435 g/mol. The van der Waals surface area contributed by atoms with Gasteiger partial charge in [0.25, 0.3) is 0 Å². The van der Waals surface area contributed by atoms with Crippen molar-refractivity contribution >= 4 is 5.78 Å². The fourth-order valence-electron chi connectivity index (χ4n) is 7.25. The van der Waals surface area contributed by atoms with Crippen molar-refractivity contribution < 1.29 is 30.0 Å². The lowest BCUT2D eigenvalue weighted by Gasteiger charge is -2.53. The van der Waals surface area contributed by atoms with Crippen molar-refractivity contribution in [3.8, 4) is 0 Å². The number of aliphatic hydroxyl groups excluding tert-OH is 1. The molecule has 0 radical (unpaired) electrons. The van der Waals surface area contributed by atoms with Gasteiger partial charge in [-0.2, -0.15) is 0 Å². The molecule has 174 valence electrons. The molecule has 0 aliphatic heterocycles. The van der Waals surface area contributed by atoms with Crippen LogP contribution >= 0.6 is 0 Å². The van der Waals surface area contributed by atoms with E-state index in [0.717, 1.165) is 19.3 Å². The summed E-state index contributed by atoms with van der Waals surface area (Å²) in [5.41, 5.74) is -3.94. The van der Waals surface area contributed by atoms with Gasteiger partial charge in [0, 0.05) is 42.1 Å².